The van der Waals surface area contributed by atoms with Crippen molar-refractivity contribution < 1.29 is 24.6 Å². The van der Waals surface area contributed by atoms with Gasteiger partial charge in [0.05, 0.1) is 12.5 Å². The minimum Gasteiger partial charge on any atom is -0.509 e. The number of hydrogen-bond acceptors (Lipinski definition) is 4. The van der Waals surface area contributed by atoms with Gasteiger partial charge in [-0.15, -0.1) is 0 Å². The number of nitrogens with one attached hydrogen (secondary N) is 1. The van der Waals surface area contributed by atoms with Crippen molar-refractivity contribution in [3.8, 4) is 0 Å². The number of aliphatic hydroxyl groups is 1. The van der Waals surface area contributed by atoms with E-state index in [1.807, 2.05) is 6.92 Å². The van der Waals surface area contributed by atoms with Crippen molar-refractivity contribution in [2.24, 2.45) is 0 Å². The Morgan fingerprint density at radius 2 is 1.90 bits per heavy atom. The first-order valence-corrected chi connectivity index (χ1v) is 5.93. The van der Waals surface area contributed by atoms with Gasteiger partial charge in [-0.1, -0.05) is 30.4 Å². The zero-order valence-corrected chi connectivity index (χ0v) is 10.9. The van der Waals surface area contributed by atoms with E-state index in [0.717, 1.165) is 6.08 Å². The zero-order chi connectivity index (χ0) is 15.1. The molecule has 1 aliphatic rings. The van der Waals surface area contributed by atoms with Gasteiger partial charge in [0.2, 0.25) is 0 Å². The number of amides is 1. The Hall–Kier alpha value is -2.63. The van der Waals surface area contributed by atoms with Crippen molar-refractivity contribution in [1.82, 2.24) is 5.32 Å². The number of hydrogen-bond donors (Lipinski definition) is 3. The minimum atomic E-state index is -1.18. The highest BCUT2D eigenvalue weighted by Gasteiger charge is 2.35. The molecule has 3 N–H and O–H groups in total. The molecule has 1 aliphatic heterocycles. The van der Waals surface area contributed by atoms with Gasteiger partial charge < -0.3 is 15.5 Å². The second kappa shape index (κ2) is 7.08. The van der Waals surface area contributed by atoms with Crippen LogP contribution in [0.3, 0.4) is 0 Å². The maximum atomic E-state index is 11.8. The van der Waals surface area contributed by atoms with Crippen LogP contribution in [0.2, 0.25) is 0 Å². The van der Waals surface area contributed by atoms with Gasteiger partial charge in [-0.3, -0.25) is 14.4 Å². The molecule has 1 heterocycles. The summed E-state index contributed by atoms with van der Waals surface area (Å²) in [7, 11) is 0. The summed E-state index contributed by atoms with van der Waals surface area (Å²) in [4.78, 5) is 33.9. The fraction of sp³-hybridized carbons (Fsp3) is 0.214. The Morgan fingerprint density at radius 3 is 2.50 bits per heavy atom. The zero-order valence-electron chi connectivity index (χ0n) is 10.9. The van der Waals surface area contributed by atoms with E-state index >= 15 is 0 Å². The first-order valence-electron chi connectivity index (χ1n) is 5.93. The Labute approximate surface area is 115 Å². The molecule has 0 aromatic carbocycles. The highest BCUT2D eigenvalue weighted by Crippen LogP contribution is 2.18. The molecule has 106 valence electrons. The third-order valence-corrected chi connectivity index (χ3v) is 2.52. The van der Waals surface area contributed by atoms with Crippen LogP contribution in [0.4, 0.5) is 0 Å². The molecular formula is C14H15NO5. The van der Waals surface area contributed by atoms with Crippen LogP contribution in [-0.4, -0.2) is 33.9 Å². The molecule has 1 unspecified atom stereocenters. The van der Waals surface area contributed by atoms with Gasteiger partial charge in [0, 0.05) is 0 Å². The molecule has 20 heavy (non-hydrogen) atoms. The number of rotatable bonds is 6. The minimum absolute atomic E-state index is 0.410. The fourth-order valence-electron chi connectivity index (χ4n) is 1.62. The van der Waals surface area contributed by atoms with Gasteiger partial charge in [-0.25, -0.2) is 0 Å². The van der Waals surface area contributed by atoms with Crippen LogP contribution >= 0.6 is 0 Å². The molecule has 0 bridgehead atoms. The van der Waals surface area contributed by atoms with Crippen LogP contribution < -0.4 is 5.32 Å². The highest BCUT2D eigenvalue weighted by molar-refractivity contribution is 6.25. The van der Waals surface area contributed by atoms with Gasteiger partial charge >= 0.3 is 5.97 Å². The summed E-state index contributed by atoms with van der Waals surface area (Å²) >= 11 is 0. The lowest BCUT2D eigenvalue weighted by Gasteiger charge is -2.06. The molecule has 6 nitrogen and oxygen atoms in total. The predicted molar refractivity (Wildman–Crippen MR) is 71.9 cm³/mol. The molecule has 0 aromatic heterocycles. The van der Waals surface area contributed by atoms with Gasteiger partial charge in [-0.2, -0.15) is 0 Å². The number of ketones is 1. The Bertz CT molecular complexity index is 540. The second-order valence-corrected chi connectivity index (χ2v) is 4.02. The standard InChI is InChI=1S/C14H15NO5/c1-2-3-4-5-6-7-10(16)12-13(19)9(8-11(17)18)15-14(12)20/h2-7,9,19H,8H2,1H3,(H,15,20)(H,17,18)/b3-2+,5-4+,7-6+. The number of carbonyl (C=O) groups is 3. The van der Waals surface area contributed by atoms with Crippen LogP contribution in [0.5, 0.6) is 0 Å². The molecule has 0 fully saturated rings. The van der Waals surface area contributed by atoms with Crippen LogP contribution in [0.25, 0.3) is 0 Å². The van der Waals surface area contributed by atoms with E-state index in [1.54, 1.807) is 24.3 Å². The predicted octanol–water partition coefficient (Wildman–Crippen LogP) is 1.03. The number of allylic oxidation sites excluding steroid dienone is 6. The number of carboxylic acids is 1. The number of carbonyl (C=O) groups excluding carboxylic acids is 2. The van der Waals surface area contributed by atoms with Gasteiger partial charge in [0.15, 0.2) is 5.78 Å². The van der Waals surface area contributed by atoms with Gasteiger partial charge in [0.25, 0.3) is 5.91 Å². The molecule has 0 spiro atoms. The molecule has 0 radical (unpaired) electrons. The lowest BCUT2D eigenvalue weighted by Crippen LogP contribution is -2.31. The van der Waals surface area contributed by atoms with E-state index in [9.17, 15) is 19.5 Å². The van der Waals surface area contributed by atoms with Crippen LogP contribution in [-0.2, 0) is 14.4 Å². The molecule has 6 heteroatoms. The molecule has 1 rings (SSSR count). The quantitative estimate of drug-likeness (QED) is 0.382. The number of carboxylic acid groups (broad SMARTS) is 1. The van der Waals surface area contributed by atoms with Gasteiger partial charge in [-0.05, 0) is 13.0 Å². The van der Waals surface area contributed by atoms with Crippen molar-refractivity contribution >= 4 is 17.7 Å². The first kappa shape index (κ1) is 15.4. The third-order valence-electron chi connectivity index (χ3n) is 2.52. The fourth-order valence-corrected chi connectivity index (χ4v) is 1.62. The Morgan fingerprint density at radius 1 is 1.25 bits per heavy atom. The van der Waals surface area contributed by atoms with Crippen molar-refractivity contribution in [2.75, 3.05) is 0 Å². The van der Waals surface area contributed by atoms with Crippen molar-refractivity contribution in [3.63, 3.8) is 0 Å². The van der Waals surface area contributed by atoms with E-state index in [2.05, 4.69) is 5.32 Å². The van der Waals surface area contributed by atoms with E-state index in [0.29, 0.717) is 0 Å². The lowest BCUT2D eigenvalue weighted by atomic mass is 10.1. The third kappa shape index (κ3) is 3.94. The molecular weight excluding hydrogens is 262 g/mol. The Balaban J connectivity index is 2.82. The average molecular weight is 277 g/mol. The highest BCUT2D eigenvalue weighted by atomic mass is 16.4. The van der Waals surface area contributed by atoms with E-state index in [-0.39, 0.29) is 0 Å². The number of aliphatic carboxylic acids is 1. The Kier molecular flexibility index (Phi) is 5.46. The second-order valence-electron chi connectivity index (χ2n) is 4.02. The summed E-state index contributed by atoms with van der Waals surface area (Å²) in [5, 5.41) is 20.6. The normalized spacial score (nSPS) is 19.4. The molecule has 0 aromatic rings. The largest absolute Gasteiger partial charge is 0.509 e. The molecule has 0 saturated carbocycles. The van der Waals surface area contributed by atoms with Gasteiger partial charge in [0.1, 0.15) is 11.3 Å². The van der Waals surface area contributed by atoms with Crippen molar-refractivity contribution in [2.45, 2.75) is 19.4 Å². The molecule has 0 aliphatic carbocycles. The van der Waals surface area contributed by atoms with E-state index < -0.39 is 41.5 Å². The summed E-state index contributed by atoms with van der Waals surface area (Å²) in [6, 6.07) is -1.05. The van der Waals surface area contributed by atoms with Crippen molar-refractivity contribution in [3.05, 3.63) is 47.8 Å². The smallest absolute Gasteiger partial charge is 0.305 e. The SMILES string of the molecule is C/C=C/C=C/C=C/C(=O)C1=C(O)C(CC(=O)O)NC1=O. The maximum Gasteiger partial charge on any atom is 0.305 e. The summed E-state index contributed by atoms with van der Waals surface area (Å²) < 4.78 is 0. The first-order chi connectivity index (χ1) is 9.47. The lowest BCUT2D eigenvalue weighted by molar-refractivity contribution is -0.137. The average Bonchev–Trinajstić information content (AvgIpc) is 2.63. The maximum absolute atomic E-state index is 11.8. The number of aliphatic hydroxyl groups excluding tert-OH is 1. The molecule has 1 amide bonds. The van der Waals surface area contributed by atoms with E-state index in [4.69, 9.17) is 5.11 Å². The molecule has 1 atom stereocenters. The van der Waals surface area contributed by atoms with Crippen LogP contribution in [0, 0.1) is 0 Å². The van der Waals surface area contributed by atoms with Crippen LogP contribution in [0.1, 0.15) is 13.3 Å². The summed E-state index contributed by atoms with van der Waals surface area (Å²) in [6.07, 6.45) is 8.95. The van der Waals surface area contributed by atoms with Crippen molar-refractivity contribution in [1.29, 1.82) is 0 Å². The summed E-state index contributed by atoms with van der Waals surface area (Å²) in [5.41, 5.74) is -0.410. The molecule has 0 saturated heterocycles. The van der Waals surface area contributed by atoms with E-state index in [1.165, 1.54) is 6.08 Å². The van der Waals surface area contributed by atoms with Crippen LogP contribution in [0.15, 0.2) is 47.8 Å². The topological polar surface area (TPSA) is 104 Å². The monoisotopic (exact) mass is 277 g/mol. The summed E-state index contributed by atoms with van der Waals surface area (Å²) in [6.45, 7) is 1.84. The summed E-state index contributed by atoms with van der Waals surface area (Å²) in [5.74, 6) is -3.14.